The molecule has 2 aromatic rings. The highest BCUT2D eigenvalue weighted by Gasteiger charge is 2.32. The summed E-state index contributed by atoms with van der Waals surface area (Å²) in [5.74, 6) is 0.195. The van der Waals surface area contributed by atoms with E-state index in [9.17, 15) is 13.2 Å². The van der Waals surface area contributed by atoms with E-state index in [-0.39, 0.29) is 35.6 Å². The van der Waals surface area contributed by atoms with E-state index in [1.807, 2.05) is 25.1 Å². The summed E-state index contributed by atoms with van der Waals surface area (Å²) in [5.41, 5.74) is 4.23. The topological polar surface area (TPSA) is 75.3 Å². The van der Waals surface area contributed by atoms with Crippen molar-refractivity contribution in [3.05, 3.63) is 68.7 Å². The maximum absolute atomic E-state index is 12.9. The van der Waals surface area contributed by atoms with Gasteiger partial charge in [0, 0.05) is 24.9 Å². The highest BCUT2D eigenvalue weighted by Crippen LogP contribution is 2.36. The number of fused-ring (bicyclic) bond motifs is 1. The first-order chi connectivity index (χ1) is 16.4. The van der Waals surface area contributed by atoms with Crippen LogP contribution in [0.25, 0.3) is 0 Å². The Morgan fingerprint density at radius 3 is 2.43 bits per heavy atom. The average molecular weight is 540 g/mol. The fourth-order valence-corrected chi connectivity index (χ4v) is 6.06. The minimum atomic E-state index is -3.30. The third-order valence-corrected chi connectivity index (χ3v) is 8.53. The van der Waals surface area contributed by atoms with E-state index < -0.39 is 10.0 Å². The van der Waals surface area contributed by atoms with Crippen molar-refractivity contribution < 1.29 is 13.2 Å². The minimum Gasteiger partial charge on any atom is -0.353 e. The Hall–Kier alpha value is -1.60. The van der Waals surface area contributed by atoms with Gasteiger partial charge >= 0.3 is 0 Å². The first-order valence-corrected chi connectivity index (χ1v) is 14.6. The van der Waals surface area contributed by atoms with Gasteiger partial charge in [-0.05, 0) is 65.5 Å². The van der Waals surface area contributed by atoms with Crippen LogP contribution in [0.5, 0.6) is 0 Å². The van der Waals surface area contributed by atoms with Gasteiger partial charge in [-0.3, -0.25) is 4.79 Å². The van der Waals surface area contributed by atoms with Gasteiger partial charge < -0.3 is 5.32 Å². The number of halogens is 2. The molecule has 3 rings (SSSR count). The Bertz CT molecular complexity index is 1160. The lowest BCUT2D eigenvalue weighted by atomic mass is 9.75. The molecular formula is C27H36Cl2N2O3S. The highest BCUT2D eigenvalue weighted by atomic mass is 35.5. The second kappa shape index (κ2) is 11.6. The summed E-state index contributed by atoms with van der Waals surface area (Å²) in [6, 6.07) is 11.8. The zero-order valence-corrected chi connectivity index (χ0v) is 23.3. The van der Waals surface area contributed by atoms with E-state index in [0.29, 0.717) is 29.3 Å². The zero-order chi connectivity index (χ0) is 25.8. The summed E-state index contributed by atoms with van der Waals surface area (Å²) < 4.78 is 27.0. The first-order valence-electron chi connectivity index (χ1n) is 12.2. The summed E-state index contributed by atoms with van der Waals surface area (Å²) >= 11 is 12.4. The third-order valence-electron chi connectivity index (χ3n) is 6.27. The summed E-state index contributed by atoms with van der Waals surface area (Å²) in [7, 11) is -3.30. The number of amides is 1. The van der Waals surface area contributed by atoms with Gasteiger partial charge in [0.25, 0.3) is 0 Å². The molecule has 2 atom stereocenters. The Balaban J connectivity index is 1.91. The molecule has 1 aliphatic rings. The van der Waals surface area contributed by atoms with Gasteiger partial charge in [-0.25, -0.2) is 13.1 Å². The van der Waals surface area contributed by atoms with Crippen molar-refractivity contribution >= 4 is 39.1 Å². The largest absolute Gasteiger partial charge is 0.353 e. The van der Waals surface area contributed by atoms with Crippen LogP contribution in [-0.4, -0.2) is 26.1 Å². The number of carbonyl (C=O) groups excluding carboxylic acids is 1. The molecule has 0 heterocycles. The van der Waals surface area contributed by atoms with Gasteiger partial charge in [0.2, 0.25) is 15.9 Å². The van der Waals surface area contributed by atoms with E-state index in [0.717, 1.165) is 29.5 Å². The lowest BCUT2D eigenvalue weighted by Crippen LogP contribution is -2.43. The molecule has 0 saturated heterocycles. The van der Waals surface area contributed by atoms with Crippen molar-refractivity contribution in [3.8, 4) is 0 Å². The van der Waals surface area contributed by atoms with Crippen molar-refractivity contribution in [1.29, 1.82) is 0 Å². The molecular weight excluding hydrogens is 503 g/mol. The minimum absolute atomic E-state index is 0.0289. The molecule has 1 aliphatic carbocycles. The SMILES string of the molecule is CCCS(=O)(=O)NCc1ccc2c(c1)C(Cc1ccc(Cl)c(Cl)c1)C(NC(=O)CC(C)(C)C)CC2. The normalized spacial score (nSPS) is 18.2. The first kappa shape index (κ1) is 28.0. The Kier molecular flexibility index (Phi) is 9.30. The van der Waals surface area contributed by atoms with Gasteiger partial charge in [0.1, 0.15) is 0 Å². The fourth-order valence-electron chi connectivity index (χ4n) is 4.68. The lowest BCUT2D eigenvalue weighted by Gasteiger charge is -2.35. The Labute approximate surface area is 220 Å². The molecule has 8 heteroatoms. The van der Waals surface area contributed by atoms with Gasteiger partial charge in [-0.1, -0.05) is 75.2 Å². The van der Waals surface area contributed by atoms with Crippen LogP contribution in [0, 0.1) is 5.41 Å². The molecule has 0 saturated carbocycles. The molecule has 0 bridgehead atoms. The zero-order valence-electron chi connectivity index (χ0n) is 21.0. The standard InChI is InChI=1S/C27H36Cl2N2O3S/c1-5-12-35(33,34)30-17-19-6-8-20-9-11-25(31-26(32)16-27(2,3)4)22(21(20)14-19)13-18-7-10-23(28)24(29)15-18/h6-8,10,14-15,22,25,30H,5,9,11-13,16-17H2,1-4H3,(H,31,32). The number of nitrogens with one attached hydrogen (secondary N) is 2. The molecule has 1 amide bonds. The van der Waals surface area contributed by atoms with Crippen LogP contribution in [0.3, 0.4) is 0 Å². The second-order valence-electron chi connectivity index (χ2n) is 10.7. The van der Waals surface area contributed by atoms with Gasteiger partial charge in [-0.2, -0.15) is 0 Å². The number of hydrogen-bond donors (Lipinski definition) is 2. The van der Waals surface area contributed by atoms with Gasteiger partial charge in [-0.15, -0.1) is 0 Å². The van der Waals surface area contributed by atoms with Crippen LogP contribution in [0.15, 0.2) is 36.4 Å². The van der Waals surface area contributed by atoms with Crippen LogP contribution >= 0.6 is 23.2 Å². The Morgan fingerprint density at radius 2 is 1.77 bits per heavy atom. The molecule has 192 valence electrons. The van der Waals surface area contributed by atoms with E-state index in [1.54, 1.807) is 6.07 Å². The van der Waals surface area contributed by atoms with Gasteiger partial charge in [0.15, 0.2) is 0 Å². The molecule has 0 spiro atoms. The Morgan fingerprint density at radius 1 is 1.06 bits per heavy atom. The van der Waals surface area contributed by atoms with Crippen molar-refractivity contribution in [1.82, 2.24) is 10.0 Å². The summed E-state index contributed by atoms with van der Waals surface area (Å²) in [6.07, 6.45) is 3.42. The number of carbonyl (C=O) groups is 1. The van der Waals surface area contributed by atoms with Crippen molar-refractivity contribution in [3.63, 3.8) is 0 Å². The van der Waals surface area contributed by atoms with E-state index in [1.165, 1.54) is 5.56 Å². The van der Waals surface area contributed by atoms with Crippen LogP contribution in [0.2, 0.25) is 10.0 Å². The quantitative estimate of drug-likeness (QED) is 0.410. The maximum Gasteiger partial charge on any atom is 0.220 e. The summed E-state index contributed by atoms with van der Waals surface area (Å²) in [5, 5.41) is 4.31. The van der Waals surface area contributed by atoms with Crippen LogP contribution in [0.4, 0.5) is 0 Å². The molecule has 0 aliphatic heterocycles. The van der Waals surface area contributed by atoms with Crippen molar-refractivity contribution in [2.75, 3.05) is 5.75 Å². The maximum atomic E-state index is 12.9. The van der Waals surface area contributed by atoms with Crippen LogP contribution in [-0.2, 0) is 34.2 Å². The molecule has 0 fully saturated rings. The number of aryl methyl sites for hydroxylation is 1. The number of rotatable bonds is 9. The number of hydrogen-bond acceptors (Lipinski definition) is 3. The van der Waals surface area contributed by atoms with E-state index >= 15 is 0 Å². The average Bonchev–Trinajstić information content (AvgIpc) is 2.75. The third kappa shape index (κ3) is 8.21. The van der Waals surface area contributed by atoms with Crippen molar-refractivity contribution in [2.45, 2.75) is 78.3 Å². The van der Waals surface area contributed by atoms with E-state index in [4.69, 9.17) is 23.2 Å². The summed E-state index contributed by atoms with van der Waals surface area (Å²) in [6.45, 7) is 8.27. The fraction of sp³-hybridized carbons (Fsp3) is 0.519. The molecule has 5 nitrogen and oxygen atoms in total. The molecule has 0 aromatic heterocycles. The number of sulfonamides is 1. The molecule has 0 radical (unpaired) electrons. The van der Waals surface area contributed by atoms with Crippen LogP contribution < -0.4 is 10.0 Å². The van der Waals surface area contributed by atoms with Crippen molar-refractivity contribution in [2.24, 2.45) is 5.41 Å². The predicted molar refractivity (Wildman–Crippen MR) is 145 cm³/mol. The van der Waals surface area contributed by atoms with Crippen LogP contribution in [0.1, 0.15) is 75.1 Å². The highest BCUT2D eigenvalue weighted by molar-refractivity contribution is 7.89. The lowest BCUT2D eigenvalue weighted by molar-refractivity contribution is -0.123. The molecule has 35 heavy (non-hydrogen) atoms. The van der Waals surface area contributed by atoms with E-state index in [2.05, 4.69) is 42.9 Å². The molecule has 2 aromatic carbocycles. The molecule has 2 unspecified atom stereocenters. The smallest absolute Gasteiger partial charge is 0.220 e. The number of benzene rings is 2. The second-order valence-corrected chi connectivity index (χ2v) is 13.4. The monoisotopic (exact) mass is 538 g/mol. The predicted octanol–water partition coefficient (Wildman–Crippen LogP) is 6.02. The summed E-state index contributed by atoms with van der Waals surface area (Å²) in [4.78, 5) is 12.9. The van der Waals surface area contributed by atoms with Gasteiger partial charge in [0.05, 0.1) is 15.8 Å². The molecule has 2 N–H and O–H groups in total.